The lowest BCUT2D eigenvalue weighted by molar-refractivity contribution is -0.126. The average Bonchev–Trinajstić information content (AvgIpc) is 2.97. The van der Waals surface area contributed by atoms with Gasteiger partial charge in [-0.1, -0.05) is 6.92 Å². The van der Waals surface area contributed by atoms with E-state index in [1.807, 2.05) is 0 Å². The Morgan fingerprint density at radius 1 is 1.53 bits per heavy atom. The van der Waals surface area contributed by atoms with E-state index in [9.17, 15) is 9.90 Å². The number of nitrogens with one attached hydrogen (secondary N) is 1. The minimum Gasteiger partial charge on any atom is -0.394 e. The maximum absolute atomic E-state index is 11.8. The molecule has 2 unspecified atom stereocenters. The molecule has 0 aromatic rings. The zero-order chi connectivity index (χ0) is 10.9. The minimum atomic E-state index is -0.419. The number of hydrogen-bond donors (Lipinski definition) is 2. The van der Waals surface area contributed by atoms with Gasteiger partial charge in [-0.05, 0) is 25.2 Å². The van der Waals surface area contributed by atoms with Crippen LogP contribution in [-0.2, 0) is 9.53 Å². The van der Waals surface area contributed by atoms with E-state index in [-0.39, 0.29) is 18.4 Å². The molecule has 1 aliphatic carbocycles. The largest absolute Gasteiger partial charge is 0.394 e. The Labute approximate surface area is 90.0 Å². The summed E-state index contributed by atoms with van der Waals surface area (Å²) in [6, 6.07) is 0. The zero-order valence-electron chi connectivity index (χ0n) is 9.16. The third-order valence-electron chi connectivity index (χ3n) is 3.59. The molecule has 86 valence electrons. The van der Waals surface area contributed by atoms with E-state index in [2.05, 4.69) is 12.2 Å². The van der Waals surface area contributed by atoms with Gasteiger partial charge in [-0.3, -0.25) is 4.79 Å². The number of hydrogen-bond acceptors (Lipinski definition) is 3. The van der Waals surface area contributed by atoms with Crippen LogP contribution in [0.15, 0.2) is 0 Å². The lowest BCUT2D eigenvalue weighted by Crippen LogP contribution is -2.55. The van der Waals surface area contributed by atoms with Gasteiger partial charge in [0.25, 0.3) is 0 Å². The summed E-state index contributed by atoms with van der Waals surface area (Å²) < 4.78 is 5.24. The first kappa shape index (κ1) is 10.9. The van der Waals surface area contributed by atoms with Gasteiger partial charge in [0.1, 0.15) is 0 Å². The summed E-state index contributed by atoms with van der Waals surface area (Å²) in [5.74, 6) is 0.801. The molecule has 2 N–H and O–H groups in total. The van der Waals surface area contributed by atoms with Gasteiger partial charge in [-0.25, -0.2) is 0 Å². The summed E-state index contributed by atoms with van der Waals surface area (Å²) in [6.07, 6.45) is 2.43. The van der Waals surface area contributed by atoms with Crippen LogP contribution >= 0.6 is 0 Å². The highest BCUT2D eigenvalue weighted by atomic mass is 16.5. The fourth-order valence-corrected chi connectivity index (χ4v) is 2.13. The Kier molecular flexibility index (Phi) is 2.98. The monoisotopic (exact) mass is 213 g/mol. The predicted octanol–water partition coefficient (Wildman–Crippen LogP) is 0.300. The van der Waals surface area contributed by atoms with Crippen molar-refractivity contribution in [2.75, 3.05) is 19.8 Å². The standard InChI is InChI=1S/C11H19NO3/c1-8-6-9(8)10(14)12-11(7-13)2-4-15-5-3-11/h8-9,13H,2-7H2,1H3,(H,12,14). The smallest absolute Gasteiger partial charge is 0.223 e. The van der Waals surface area contributed by atoms with Gasteiger partial charge in [0.2, 0.25) is 5.91 Å². The van der Waals surface area contributed by atoms with Gasteiger partial charge in [-0.2, -0.15) is 0 Å². The Bertz CT molecular complexity index is 248. The second kappa shape index (κ2) is 4.10. The minimum absolute atomic E-state index is 0.0171. The predicted molar refractivity (Wildman–Crippen MR) is 55.3 cm³/mol. The summed E-state index contributed by atoms with van der Waals surface area (Å²) in [5, 5.41) is 12.4. The number of rotatable bonds is 3. The van der Waals surface area contributed by atoms with Crippen molar-refractivity contribution in [2.45, 2.75) is 31.7 Å². The molecule has 2 rings (SSSR count). The van der Waals surface area contributed by atoms with Crippen molar-refractivity contribution in [3.05, 3.63) is 0 Å². The molecule has 15 heavy (non-hydrogen) atoms. The number of amides is 1. The van der Waals surface area contributed by atoms with E-state index in [0.717, 1.165) is 19.3 Å². The summed E-state index contributed by atoms with van der Waals surface area (Å²) in [5.41, 5.74) is -0.419. The van der Waals surface area contributed by atoms with Crippen molar-refractivity contribution < 1.29 is 14.6 Å². The Morgan fingerprint density at radius 2 is 2.13 bits per heavy atom. The lowest BCUT2D eigenvalue weighted by Gasteiger charge is -2.36. The van der Waals surface area contributed by atoms with Crippen LogP contribution in [0.4, 0.5) is 0 Å². The quantitative estimate of drug-likeness (QED) is 0.709. The van der Waals surface area contributed by atoms with Crippen LogP contribution in [0.3, 0.4) is 0 Å². The first-order valence-corrected chi connectivity index (χ1v) is 5.67. The van der Waals surface area contributed by atoms with Crippen molar-refractivity contribution in [3.63, 3.8) is 0 Å². The number of carbonyl (C=O) groups excluding carboxylic acids is 1. The van der Waals surface area contributed by atoms with Crippen molar-refractivity contribution in [2.24, 2.45) is 11.8 Å². The maximum Gasteiger partial charge on any atom is 0.223 e. The average molecular weight is 213 g/mol. The van der Waals surface area contributed by atoms with Gasteiger partial charge < -0.3 is 15.2 Å². The molecule has 1 aliphatic heterocycles. The van der Waals surface area contributed by atoms with Crippen LogP contribution in [0, 0.1) is 11.8 Å². The van der Waals surface area contributed by atoms with Gasteiger partial charge in [0.15, 0.2) is 0 Å². The van der Waals surface area contributed by atoms with Crippen molar-refractivity contribution in [3.8, 4) is 0 Å². The Hall–Kier alpha value is -0.610. The molecular formula is C11H19NO3. The number of aliphatic hydroxyl groups is 1. The maximum atomic E-state index is 11.8. The molecule has 0 aromatic carbocycles. The molecule has 0 aromatic heterocycles. The third-order valence-corrected chi connectivity index (χ3v) is 3.59. The first-order valence-electron chi connectivity index (χ1n) is 5.67. The Balaban J connectivity index is 1.91. The van der Waals surface area contributed by atoms with Gasteiger partial charge >= 0.3 is 0 Å². The van der Waals surface area contributed by atoms with Crippen LogP contribution in [0.1, 0.15) is 26.2 Å². The number of aliphatic hydroxyl groups excluding tert-OH is 1. The molecule has 0 bridgehead atoms. The van der Waals surface area contributed by atoms with E-state index in [1.54, 1.807) is 0 Å². The molecule has 4 heteroatoms. The third kappa shape index (κ3) is 2.32. The van der Waals surface area contributed by atoms with E-state index in [1.165, 1.54) is 0 Å². The van der Waals surface area contributed by atoms with Crippen LogP contribution in [0.2, 0.25) is 0 Å². The van der Waals surface area contributed by atoms with E-state index < -0.39 is 5.54 Å². The highest BCUT2D eigenvalue weighted by Crippen LogP contribution is 2.38. The Morgan fingerprint density at radius 3 is 2.60 bits per heavy atom. The molecule has 0 radical (unpaired) electrons. The molecule has 2 fully saturated rings. The van der Waals surface area contributed by atoms with E-state index in [4.69, 9.17) is 4.74 Å². The molecule has 1 saturated heterocycles. The highest BCUT2D eigenvalue weighted by molar-refractivity contribution is 5.82. The van der Waals surface area contributed by atoms with Gasteiger partial charge in [0.05, 0.1) is 12.1 Å². The molecule has 1 saturated carbocycles. The van der Waals surface area contributed by atoms with Crippen molar-refractivity contribution >= 4 is 5.91 Å². The fraction of sp³-hybridized carbons (Fsp3) is 0.909. The zero-order valence-corrected chi connectivity index (χ0v) is 9.16. The summed E-state index contributed by atoms with van der Waals surface area (Å²) in [6.45, 7) is 3.35. The second-order valence-electron chi connectivity index (χ2n) is 4.86. The topological polar surface area (TPSA) is 58.6 Å². The van der Waals surface area contributed by atoms with Crippen LogP contribution < -0.4 is 5.32 Å². The summed E-state index contributed by atoms with van der Waals surface area (Å²) in [7, 11) is 0. The van der Waals surface area contributed by atoms with Crippen LogP contribution in [0.25, 0.3) is 0 Å². The highest BCUT2D eigenvalue weighted by Gasteiger charge is 2.43. The molecule has 0 spiro atoms. The second-order valence-corrected chi connectivity index (χ2v) is 4.86. The summed E-state index contributed by atoms with van der Waals surface area (Å²) in [4.78, 5) is 11.8. The normalized spacial score (nSPS) is 33.5. The number of carbonyl (C=O) groups is 1. The van der Waals surface area contributed by atoms with Gasteiger partial charge in [0, 0.05) is 19.1 Å². The molecule has 1 heterocycles. The SMILES string of the molecule is CC1CC1C(=O)NC1(CO)CCOCC1. The van der Waals surface area contributed by atoms with Crippen LogP contribution in [0.5, 0.6) is 0 Å². The van der Waals surface area contributed by atoms with E-state index in [0.29, 0.717) is 19.1 Å². The first-order chi connectivity index (χ1) is 7.17. The molecule has 4 nitrogen and oxygen atoms in total. The fourth-order valence-electron chi connectivity index (χ4n) is 2.13. The summed E-state index contributed by atoms with van der Waals surface area (Å²) >= 11 is 0. The molecule has 2 aliphatic rings. The molecule has 1 amide bonds. The molecule has 2 atom stereocenters. The van der Waals surface area contributed by atoms with Crippen molar-refractivity contribution in [1.29, 1.82) is 0 Å². The van der Waals surface area contributed by atoms with Crippen LogP contribution in [-0.4, -0.2) is 36.4 Å². The van der Waals surface area contributed by atoms with Gasteiger partial charge in [-0.15, -0.1) is 0 Å². The van der Waals surface area contributed by atoms with Crippen molar-refractivity contribution in [1.82, 2.24) is 5.32 Å². The molecular weight excluding hydrogens is 194 g/mol. The van der Waals surface area contributed by atoms with E-state index >= 15 is 0 Å². The number of ether oxygens (including phenoxy) is 1. The lowest BCUT2D eigenvalue weighted by atomic mass is 9.90.